The molecule has 0 atom stereocenters. The van der Waals surface area contributed by atoms with Gasteiger partial charge in [0, 0.05) is 26.2 Å². The maximum atomic E-state index is 11.7. The molecule has 2 fully saturated rings. The van der Waals surface area contributed by atoms with Gasteiger partial charge in [0.25, 0.3) is 0 Å². The van der Waals surface area contributed by atoms with Crippen LogP contribution in [0.4, 0.5) is 21.9 Å². The lowest BCUT2D eigenvalue weighted by Crippen LogP contribution is -2.53. The van der Waals surface area contributed by atoms with Crippen molar-refractivity contribution >= 4 is 35.7 Å². The molecule has 11 heteroatoms. The number of amides is 1. The molecule has 0 spiro atoms. The van der Waals surface area contributed by atoms with Crippen molar-refractivity contribution in [1.82, 2.24) is 10.9 Å². The van der Waals surface area contributed by atoms with Crippen molar-refractivity contribution in [2.45, 2.75) is 84.2 Å². The van der Waals surface area contributed by atoms with Crippen LogP contribution >= 0.6 is 0 Å². The normalized spacial score (nSPS) is 20.7. The number of nitrogens with zero attached hydrogens (tertiary/aromatic N) is 1. The summed E-state index contributed by atoms with van der Waals surface area (Å²) in [5.74, 6) is 0. The van der Waals surface area contributed by atoms with Gasteiger partial charge in [-0.05, 0) is 78.9 Å². The standard InChI is InChI=1S/C24H40BN5O5/c1-22(2,3)33-21(31)26-10-8-9-11-32-17-14-30(15-17)19-13-16(12-18-20(19)28-29-27-18)25-34-23(4,5)24(6,7)35-25/h12-13,17,27-29H,8-11,14-15H2,1-7H3,(H,26,31). The summed E-state index contributed by atoms with van der Waals surface area (Å²) < 4.78 is 23.8. The number of ether oxygens (including phenoxy) is 2. The SMILES string of the molecule is CC(C)(C)OC(=O)NCCCCOC1CN(c2cc(B3OC(C)(C)C(C)(C)O3)cc3c2NNN3)C1. The first-order chi connectivity index (χ1) is 16.3. The minimum atomic E-state index is -0.477. The van der Waals surface area contributed by atoms with Gasteiger partial charge in [0.05, 0.1) is 34.4 Å². The van der Waals surface area contributed by atoms with Crippen molar-refractivity contribution in [2.24, 2.45) is 0 Å². The van der Waals surface area contributed by atoms with Gasteiger partial charge < -0.3 is 34.4 Å². The Morgan fingerprint density at radius 1 is 1.14 bits per heavy atom. The van der Waals surface area contributed by atoms with Crippen molar-refractivity contribution in [1.29, 1.82) is 0 Å². The Balaban J connectivity index is 1.24. The zero-order valence-corrected chi connectivity index (χ0v) is 22.0. The molecule has 0 aromatic heterocycles. The second-order valence-electron chi connectivity index (χ2n) is 11.5. The van der Waals surface area contributed by atoms with E-state index in [1.54, 1.807) is 0 Å². The fourth-order valence-electron chi connectivity index (χ4n) is 4.13. The van der Waals surface area contributed by atoms with Crippen LogP contribution in [-0.2, 0) is 18.8 Å². The summed E-state index contributed by atoms with van der Waals surface area (Å²) >= 11 is 0. The van der Waals surface area contributed by atoms with Gasteiger partial charge in [0.2, 0.25) is 0 Å². The zero-order valence-electron chi connectivity index (χ0n) is 22.0. The average molecular weight is 489 g/mol. The Hall–Kier alpha value is -2.21. The molecular weight excluding hydrogens is 449 g/mol. The molecule has 0 radical (unpaired) electrons. The van der Waals surface area contributed by atoms with E-state index in [-0.39, 0.29) is 23.4 Å². The molecule has 1 aromatic carbocycles. The van der Waals surface area contributed by atoms with Crippen LogP contribution in [0.5, 0.6) is 0 Å². The van der Waals surface area contributed by atoms with Gasteiger partial charge in [-0.15, -0.1) is 5.53 Å². The largest absolute Gasteiger partial charge is 0.494 e. The molecule has 0 unspecified atom stereocenters. The zero-order chi connectivity index (χ0) is 25.4. The second-order valence-corrected chi connectivity index (χ2v) is 11.5. The van der Waals surface area contributed by atoms with Gasteiger partial charge in [-0.3, -0.25) is 5.43 Å². The average Bonchev–Trinajstić information content (AvgIpc) is 3.25. The highest BCUT2D eigenvalue weighted by Gasteiger charge is 2.52. The van der Waals surface area contributed by atoms with Crippen LogP contribution in [-0.4, -0.2) is 62.4 Å². The van der Waals surface area contributed by atoms with Gasteiger partial charge in [-0.25, -0.2) is 4.79 Å². The van der Waals surface area contributed by atoms with Crippen LogP contribution in [0, 0.1) is 0 Å². The summed E-state index contributed by atoms with van der Waals surface area (Å²) in [4.78, 5) is 14.0. The highest BCUT2D eigenvalue weighted by atomic mass is 16.7. The van der Waals surface area contributed by atoms with Crippen molar-refractivity contribution < 1.29 is 23.6 Å². The summed E-state index contributed by atoms with van der Waals surface area (Å²) in [6.07, 6.45) is 1.54. The third-order valence-corrected chi connectivity index (χ3v) is 6.83. The minimum Gasteiger partial charge on any atom is -0.444 e. The molecular formula is C24H40BN5O5. The maximum absolute atomic E-state index is 11.7. The number of rotatable bonds is 8. The number of hydrazine groups is 2. The smallest absolute Gasteiger partial charge is 0.444 e. The summed E-state index contributed by atoms with van der Waals surface area (Å²) in [7, 11) is -0.422. The second kappa shape index (κ2) is 9.69. The summed E-state index contributed by atoms with van der Waals surface area (Å²) in [5, 5.41) is 2.78. The minimum absolute atomic E-state index is 0.187. The van der Waals surface area contributed by atoms with Crippen LogP contribution < -0.4 is 32.1 Å². The molecule has 0 bridgehead atoms. The predicted molar refractivity (Wildman–Crippen MR) is 138 cm³/mol. The van der Waals surface area contributed by atoms with E-state index in [0.29, 0.717) is 13.2 Å². The fraction of sp³-hybridized carbons (Fsp3) is 0.708. The number of carbonyl (C=O) groups is 1. The van der Waals surface area contributed by atoms with Crippen LogP contribution in [0.2, 0.25) is 0 Å². The first-order valence-electron chi connectivity index (χ1n) is 12.5. The lowest BCUT2D eigenvalue weighted by molar-refractivity contribution is 0.00578. The Labute approximate surface area is 208 Å². The van der Waals surface area contributed by atoms with Crippen LogP contribution in [0.1, 0.15) is 61.3 Å². The van der Waals surface area contributed by atoms with E-state index < -0.39 is 12.7 Å². The van der Waals surface area contributed by atoms with E-state index in [2.05, 4.69) is 66.4 Å². The lowest BCUT2D eigenvalue weighted by Gasteiger charge is -2.41. The number of carbonyl (C=O) groups excluding carboxylic acids is 1. The summed E-state index contributed by atoms with van der Waals surface area (Å²) in [5.41, 5.74) is 12.1. The number of fused-ring (bicyclic) bond motifs is 1. The lowest BCUT2D eigenvalue weighted by atomic mass is 9.78. The molecule has 1 aromatic rings. The highest BCUT2D eigenvalue weighted by Crippen LogP contribution is 2.40. The number of unbranched alkanes of at least 4 members (excludes halogenated alkanes) is 1. The van der Waals surface area contributed by atoms with Gasteiger partial charge in [0.15, 0.2) is 0 Å². The Morgan fingerprint density at radius 3 is 2.49 bits per heavy atom. The van der Waals surface area contributed by atoms with Gasteiger partial charge in [-0.2, -0.15) is 0 Å². The Kier molecular flexibility index (Phi) is 7.16. The van der Waals surface area contributed by atoms with E-state index in [9.17, 15) is 4.79 Å². The molecule has 1 amide bonds. The van der Waals surface area contributed by atoms with Crippen molar-refractivity contribution in [3.63, 3.8) is 0 Å². The van der Waals surface area contributed by atoms with E-state index in [0.717, 1.165) is 48.5 Å². The third-order valence-electron chi connectivity index (χ3n) is 6.83. The first kappa shape index (κ1) is 25.9. The van der Waals surface area contributed by atoms with Crippen molar-refractivity contribution in [3.8, 4) is 0 Å². The van der Waals surface area contributed by atoms with Crippen molar-refractivity contribution in [2.75, 3.05) is 42.0 Å². The number of hydrogen-bond donors (Lipinski definition) is 4. The molecule has 194 valence electrons. The monoisotopic (exact) mass is 489 g/mol. The first-order valence-corrected chi connectivity index (χ1v) is 12.5. The molecule has 3 aliphatic heterocycles. The number of hydrogen-bond acceptors (Lipinski definition) is 9. The van der Waals surface area contributed by atoms with Gasteiger partial charge >= 0.3 is 13.2 Å². The molecule has 0 saturated carbocycles. The molecule has 4 N–H and O–H groups in total. The predicted octanol–water partition coefficient (Wildman–Crippen LogP) is 2.75. The van der Waals surface area contributed by atoms with Gasteiger partial charge in [0.1, 0.15) is 5.60 Å². The Morgan fingerprint density at radius 2 is 1.83 bits per heavy atom. The third kappa shape index (κ3) is 5.96. The molecule has 2 saturated heterocycles. The topological polar surface area (TPSA) is 105 Å². The van der Waals surface area contributed by atoms with E-state index in [1.165, 1.54) is 0 Å². The fourth-order valence-corrected chi connectivity index (χ4v) is 4.13. The summed E-state index contributed by atoms with van der Waals surface area (Å²) in [6.45, 7) is 16.7. The molecule has 3 heterocycles. The maximum Gasteiger partial charge on any atom is 0.494 e. The number of anilines is 3. The molecule has 4 rings (SSSR count). The quantitative estimate of drug-likeness (QED) is 0.324. The van der Waals surface area contributed by atoms with Crippen LogP contribution in [0.15, 0.2) is 12.1 Å². The highest BCUT2D eigenvalue weighted by molar-refractivity contribution is 6.62. The van der Waals surface area contributed by atoms with Crippen molar-refractivity contribution in [3.05, 3.63) is 12.1 Å². The molecule has 0 aliphatic carbocycles. The summed E-state index contributed by atoms with van der Waals surface area (Å²) in [6, 6.07) is 4.20. The number of benzene rings is 1. The van der Waals surface area contributed by atoms with Crippen LogP contribution in [0.3, 0.4) is 0 Å². The number of nitrogens with one attached hydrogen (secondary N) is 4. The van der Waals surface area contributed by atoms with E-state index in [4.69, 9.17) is 18.8 Å². The molecule has 10 nitrogen and oxygen atoms in total. The Bertz CT molecular complexity index is 914. The molecule has 35 heavy (non-hydrogen) atoms. The number of alkyl carbamates (subject to hydrolysis) is 1. The molecule has 3 aliphatic rings. The van der Waals surface area contributed by atoms with Gasteiger partial charge in [-0.1, -0.05) is 0 Å². The van der Waals surface area contributed by atoms with E-state index >= 15 is 0 Å². The van der Waals surface area contributed by atoms with E-state index in [1.807, 2.05) is 20.8 Å². The van der Waals surface area contributed by atoms with Crippen LogP contribution in [0.25, 0.3) is 0 Å².